The van der Waals surface area contributed by atoms with Crippen LogP contribution in [0.2, 0.25) is 0 Å². The zero-order valence-corrected chi connectivity index (χ0v) is 13.4. The Morgan fingerprint density at radius 2 is 1.96 bits per heavy atom. The first-order valence-electron chi connectivity index (χ1n) is 8.37. The molecule has 1 aromatic heterocycles. The Bertz CT molecular complexity index is 692. The molecule has 2 unspecified atom stereocenters. The van der Waals surface area contributed by atoms with E-state index in [1.165, 1.54) is 0 Å². The summed E-state index contributed by atoms with van der Waals surface area (Å²) in [7, 11) is 0. The lowest BCUT2D eigenvalue weighted by Gasteiger charge is -2.28. The second-order valence-corrected chi connectivity index (χ2v) is 6.60. The van der Waals surface area contributed by atoms with Gasteiger partial charge < -0.3 is 10.2 Å². The van der Waals surface area contributed by atoms with Crippen molar-refractivity contribution in [3.05, 3.63) is 47.8 Å². The van der Waals surface area contributed by atoms with Gasteiger partial charge in [-0.15, -0.1) is 0 Å². The van der Waals surface area contributed by atoms with Crippen LogP contribution in [0.5, 0.6) is 0 Å². The van der Waals surface area contributed by atoms with Crippen LogP contribution in [0, 0.1) is 6.92 Å². The first-order valence-corrected chi connectivity index (χ1v) is 8.37. The van der Waals surface area contributed by atoms with E-state index in [0.29, 0.717) is 12.1 Å². The van der Waals surface area contributed by atoms with Gasteiger partial charge in [0.2, 0.25) is 0 Å². The summed E-state index contributed by atoms with van der Waals surface area (Å²) in [5.41, 5.74) is 2.88. The lowest BCUT2D eigenvalue weighted by atomic mass is 10.1. The minimum absolute atomic E-state index is 0.171. The van der Waals surface area contributed by atoms with E-state index >= 15 is 0 Å². The van der Waals surface area contributed by atoms with Gasteiger partial charge in [-0.05, 0) is 62.6 Å². The summed E-state index contributed by atoms with van der Waals surface area (Å²) < 4.78 is 1.84. The Morgan fingerprint density at radius 1 is 1.17 bits per heavy atom. The number of nitrogens with one attached hydrogen (secondary N) is 1. The minimum Gasteiger partial charge on any atom is -0.331 e. The molecule has 2 saturated heterocycles. The lowest BCUT2D eigenvalue weighted by Crippen LogP contribution is -2.42. The monoisotopic (exact) mass is 310 g/mol. The molecule has 4 rings (SSSR count). The average molecular weight is 310 g/mol. The summed E-state index contributed by atoms with van der Waals surface area (Å²) >= 11 is 0. The van der Waals surface area contributed by atoms with E-state index < -0.39 is 0 Å². The number of benzene rings is 1. The Kier molecular flexibility index (Phi) is 3.65. The highest BCUT2D eigenvalue weighted by Gasteiger charge is 2.38. The van der Waals surface area contributed by atoms with Crippen molar-refractivity contribution < 1.29 is 4.79 Å². The molecule has 2 aliphatic heterocycles. The molecule has 23 heavy (non-hydrogen) atoms. The van der Waals surface area contributed by atoms with Crippen LogP contribution >= 0.6 is 0 Å². The Morgan fingerprint density at radius 3 is 2.70 bits per heavy atom. The number of amides is 1. The van der Waals surface area contributed by atoms with Crippen LogP contribution in [0.25, 0.3) is 5.69 Å². The van der Waals surface area contributed by atoms with Crippen molar-refractivity contribution in [2.45, 2.75) is 38.3 Å². The zero-order valence-electron chi connectivity index (χ0n) is 13.4. The van der Waals surface area contributed by atoms with Gasteiger partial charge >= 0.3 is 0 Å². The first-order chi connectivity index (χ1) is 11.2. The molecule has 120 valence electrons. The molecule has 0 saturated carbocycles. The summed E-state index contributed by atoms with van der Waals surface area (Å²) in [5.74, 6) is 0.171. The van der Waals surface area contributed by atoms with Crippen LogP contribution in [0.15, 0.2) is 36.7 Å². The molecule has 5 heteroatoms. The van der Waals surface area contributed by atoms with Crippen molar-refractivity contribution in [3.8, 4) is 5.69 Å². The molecular formula is C18H22N4O. The van der Waals surface area contributed by atoms with Gasteiger partial charge in [0, 0.05) is 30.4 Å². The molecule has 0 aliphatic carbocycles. The molecule has 5 nitrogen and oxygen atoms in total. The van der Waals surface area contributed by atoms with E-state index in [-0.39, 0.29) is 5.91 Å². The van der Waals surface area contributed by atoms with Crippen molar-refractivity contribution in [2.75, 3.05) is 13.1 Å². The fourth-order valence-electron chi connectivity index (χ4n) is 3.77. The number of hydrogen-bond acceptors (Lipinski definition) is 3. The smallest absolute Gasteiger partial charge is 0.254 e. The lowest BCUT2D eigenvalue weighted by molar-refractivity contribution is 0.0680. The van der Waals surface area contributed by atoms with Crippen molar-refractivity contribution in [1.82, 2.24) is 20.0 Å². The molecule has 2 fully saturated rings. The van der Waals surface area contributed by atoms with Crippen molar-refractivity contribution in [2.24, 2.45) is 0 Å². The standard InChI is InChI=1S/C18H22N4O/c1-13-10-20-21(12-13)15-4-2-14(3-5-15)18(23)22-16-6-7-17(22)11-19-9-8-16/h2-5,10,12,16-17,19H,6-9,11H2,1H3. The molecule has 2 bridgehead atoms. The van der Waals surface area contributed by atoms with Gasteiger partial charge in [0.1, 0.15) is 0 Å². The van der Waals surface area contributed by atoms with E-state index in [4.69, 9.17) is 0 Å². The van der Waals surface area contributed by atoms with Crippen LogP contribution in [0.3, 0.4) is 0 Å². The highest BCUT2D eigenvalue weighted by Crippen LogP contribution is 2.29. The van der Waals surface area contributed by atoms with E-state index in [1.807, 2.05) is 48.3 Å². The van der Waals surface area contributed by atoms with E-state index in [0.717, 1.165) is 49.2 Å². The first kappa shape index (κ1) is 14.5. The Labute approximate surface area is 136 Å². The van der Waals surface area contributed by atoms with Gasteiger partial charge in [0.05, 0.1) is 11.9 Å². The topological polar surface area (TPSA) is 50.2 Å². The average Bonchev–Trinajstić information content (AvgIpc) is 3.09. The normalized spacial score (nSPS) is 23.8. The third kappa shape index (κ3) is 2.65. The van der Waals surface area contributed by atoms with E-state index in [1.54, 1.807) is 0 Å². The predicted octanol–water partition coefficient (Wildman–Crippen LogP) is 2.15. The summed E-state index contributed by atoms with van der Waals surface area (Å²) in [6, 6.07) is 8.54. The molecule has 2 atom stereocenters. The van der Waals surface area contributed by atoms with E-state index in [2.05, 4.69) is 15.3 Å². The number of hydrogen-bond donors (Lipinski definition) is 1. The maximum Gasteiger partial charge on any atom is 0.254 e. The third-order valence-corrected chi connectivity index (χ3v) is 4.98. The van der Waals surface area contributed by atoms with Crippen LogP contribution in [-0.2, 0) is 0 Å². The van der Waals surface area contributed by atoms with Crippen LogP contribution < -0.4 is 5.32 Å². The molecule has 1 aromatic carbocycles. The number of rotatable bonds is 2. The molecule has 0 radical (unpaired) electrons. The van der Waals surface area contributed by atoms with Crippen molar-refractivity contribution >= 4 is 5.91 Å². The SMILES string of the molecule is Cc1cnn(-c2ccc(C(=O)N3C4CCNCC3CC4)cc2)c1. The van der Waals surface area contributed by atoms with Crippen LogP contribution in [0.4, 0.5) is 0 Å². The number of aromatic nitrogens is 2. The zero-order chi connectivity index (χ0) is 15.8. The number of carbonyl (C=O) groups is 1. The van der Waals surface area contributed by atoms with Gasteiger partial charge in [0.25, 0.3) is 5.91 Å². The van der Waals surface area contributed by atoms with Gasteiger partial charge in [-0.2, -0.15) is 5.10 Å². The summed E-state index contributed by atoms with van der Waals surface area (Å²) in [4.78, 5) is 15.1. The summed E-state index contributed by atoms with van der Waals surface area (Å²) in [5, 5.41) is 7.75. The van der Waals surface area contributed by atoms with Crippen molar-refractivity contribution in [1.29, 1.82) is 0 Å². The van der Waals surface area contributed by atoms with Gasteiger partial charge in [0.15, 0.2) is 0 Å². The van der Waals surface area contributed by atoms with Gasteiger partial charge in [-0.25, -0.2) is 4.68 Å². The van der Waals surface area contributed by atoms with E-state index in [9.17, 15) is 4.79 Å². The van der Waals surface area contributed by atoms with Crippen LogP contribution in [0.1, 0.15) is 35.2 Å². The maximum atomic E-state index is 12.9. The number of nitrogens with zero attached hydrogens (tertiary/aromatic N) is 3. The molecule has 2 aliphatic rings. The summed E-state index contributed by atoms with van der Waals surface area (Å²) in [6.07, 6.45) is 7.14. The third-order valence-electron chi connectivity index (χ3n) is 4.98. The fourth-order valence-corrected chi connectivity index (χ4v) is 3.77. The number of carbonyl (C=O) groups excluding carboxylic acids is 1. The number of aryl methyl sites for hydroxylation is 1. The Hall–Kier alpha value is -2.14. The van der Waals surface area contributed by atoms with Gasteiger partial charge in [-0.3, -0.25) is 4.79 Å². The quantitative estimate of drug-likeness (QED) is 0.924. The number of fused-ring (bicyclic) bond motifs is 2. The molecular weight excluding hydrogens is 288 g/mol. The molecule has 1 amide bonds. The van der Waals surface area contributed by atoms with Crippen molar-refractivity contribution in [3.63, 3.8) is 0 Å². The minimum atomic E-state index is 0.171. The van der Waals surface area contributed by atoms with Gasteiger partial charge in [-0.1, -0.05) is 0 Å². The second-order valence-electron chi connectivity index (χ2n) is 6.60. The Balaban J connectivity index is 1.57. The molecule has 3 heterocycles. The predicted molar refractivity (Wildman–Crippen MR) is 88.8 cm³/mol. The molecule has 1 N–H and O–H groups in total. The largest absolute Gasteiger partial charge is 0.331 e. The second kappa shape index (κ2) is 5.81. The molecule has 0 spiro atoms. The maximum absolute atomic E-state index is 12.9. The highest BCUT2D eigenvalue weighted by atomic mass is 16.2. The highest BCUT2D eigenvalue weighted by molar-refractivity contribution is 5.95. The molecule has 2 aromatic rings. The fraction of sp³-hybridized carbons (Fsp3) is 0.444. The summed E-state index contributed by atoms with van der Waals surface area (Å²) in [6.45, 7) is 3.96. The van der Waals surface area contributed by atoms with Crippen LogP contribution in [-0.4, -0.2) is 45.8 Å².